The van der Waals surface area contributed by atoms with Crippen molar-refractivity contribution in [3.63, 3.8) is 0 Å². The van der Waals surface area contributed by atoms with E-state index in [0.717, 1.165) is 31.6 Å². The van der Waals surface area contributed by atoms with Crippen molar-refractivity contribution in [2.75, 3.05) is 5.32 Å². The molecule has 0 aliphatic carbocycles. The molecular formula is C11H14N6O. The summed E-state index contributed by atoms with van der Waals surface area (Å²) in [5.74, 6) is 1.27. The van der Waals surface area contributed by atoms with E-state index in [9.17, 15) is 4.79 Å². The number of nitrogens with one attached hydrogen (secondary N) is 1. The molecule has 18 heavy (non-hydrogen) atoms. The van der Waals surface area contributed by atoms with E-state index in [0.29, 0.717) is 11.5 Å². The Morgan fingerprint density at radius 2 is 2.28 bits per heavy atom. The van der Waals surface area contributed by atoms with Crippen molar-refractivity contribution in [1.82, 2.24) is 24.5 Å². The molecule has 2 aromatic rings. The van der Waals surface area contributed by atoms with Gasteiger partial charge >= 0.3 is 0 Å². The van der Waals surface area contributed by atoms with Gasteiger partial charge in [-0.25, -0.2) is 0 Å². The van der Waals surface area contributed by atoms with Crippen LogP contribution < -0.4 is 5.32 Å². The van der Waals surface area contributed by atoms with Gasteiger partial charge < -0.3 is 0 Å². The highest BCUT2D eigenvalue weighted by Crippen LogP contribution is 2.17. The molecule has 3 heterocycles. The molecule has 3 rings (SSSR count). The third-order valence-corrected chi connectivity index (χ3v) is 3.05. The maximum absolute atomic E-state index is 12.0. The number of aryl methyl sites for hydroxylation is 2. The van der Waals surface area contributed by atoms with Gasteiger partial charge in [0.25, 0.3) is 5.91 Å². The molecule has 0 atom stereocenters. The van der Waals surface area contributed by atoms with Gasteiger partial charge in [-0.15, -0.1) is 10.2 Å². The molecule has 1 amide bonds. The maximum atomic E-state index is 12.0. The summed E-state index contributed by atoms with van der Waals surface area (Å²) >= 11 is 0. The lowest BCUT2D eigenvalue weighted by atomic mass is 10.2. The van der Waals surface area contributed by atoms with Gasteiger partial charge in [0.1, 0.15) is 5.82 Å². The lowest BCUT2D eigenvalue weighted by Crippen LogP contribution is -2.18. The minimum atomic E-state index is -0.205. The number of aromatic nitrogens is 5. The van der Waals surface area contributed by atoms with Crippen molar-refractivity contribution in [3.05, 3.63) is 23.8 Å². The third-order valence-electron chi connectivity index (χ3n) is 3.05. The quantitative estimate of drug-likeness (QED) is 0.841. The first-order valence-electron chi connectivity index (χ1n) is 5.96. The van der Waals surface area contributed by atoms with Crippen LogP contribution in [0.1, 0.15) is 29.0 Å². The normalized spacial score (nSPS) is 14.3. The molecular weight excluding hydrogens is 232 g/mol. The third kappa shape index (κ3) is 1.87. The molecule has 0 spiro atoms. The highest BCUT2D eigenvalue weighted by atomic mass is 16.1. The van der Waals surface area contributed by atoms with Gasteiger partial charge in [0, 0.05) is 26.2 Å². The van der Waals surface area contributed by atoms with E-state index in [1.807, 2.05) is 4.57 Å². The molecule has 0 saturated carbocycles. The molecule has 0 radical (unpaired) electrons. The number of nitrogens with zero attached hydrogens (tertiary/aromatic N) is 5. The predicted octanol–water partition coefficient (Wildman–Crippen LogP) is 0.600. The Hall–Kier alpha value is -2.18. The minimum absolute atomic E-state index is 0.205. The highest BCUT2D eigenvalue weighted by molar-refractivity contribution is 6.03. The van der Waals surface area contributed by atoms with E-state index in [1.165, 1.54) is 6.20 Å². The van der Waals surface area contributed by atoms with E-state index in [2.05, 4.69) is 20.6 Å². The summed E-state index contributed by atoms with van der Waals surface area (Å²) in [6, 6.07) is 0. The topological polar surface area (TPSA) is 77.6 Å². The molecule has 1 N–H and O–H groups in total. The highest BCUT2D eigenvalue weighted by Gasteiger charge is 2.18. The lowest BCUT2D eigenvalue weighted by molar-refractivity contribution is 0.102. The van der Waals surface area contributed by atoms with Gasteiger partial charge in [-0.3, -0.25) is 19.4 Å². The first-order chi connectivity index (χ1) is 8.74. The summed E-state index contributed by atoms with van der Waals surface area (Å²) in [4.78, 5) is 12.0. The fourth-order valence-corrected chi connectivity index (χ4v) is 2.11. The van der Waals surface area contributed by atoms with Crippen LogP contribution in [0.25, 0.3) is 0 Å². The largest absolute Gasteiger partial charge is 0.297 e. The monoisotopic (exact) mass is 246 g/mol. The van der Waals surface area contributed by atoms with E-state index in [4.69, 9.17) is 0 Å². The number of rotatable bonds is 2. The predicted molar refractivity (Wildman–Crippen MR) is 64.1 cm³/mol. The molecule has 7 heteroatoms. The molecule has 7 nitrogen and oxygen atoms in total. The second kappa shape index (κ2) is 4.25. The van der Waals surface area contributed by atoms with Crippen molar-refractivity contribution in [2.45, 2.75) is 25.8 Å². The summed E-state index contributed by atoms with van der Waals surface area (Å²) < 4.78 is 3.56. The van der Waals surface area contributed by atoms with Crippen LogP contribution in [-0.2, 0) is 20.0 Å². The summed E-state index contributed by atoms with van der Waals surface area (Å²) in [7, 11) is 1.77. The van der Waals surface area contributed by atoms with Crippen LogP contribution in [0.4, 0.5) is 5.95 Å². The average Bonchev–Trinajstić information content (AvgIpc) is 2.97. The molecule has 0 bridgehead atoms. The van der Waals surface area contributed by atoms with Crippen molar-refractivity contribution < 1.29 is 4.79 Å². The van der Waals surface area contributed by atoms with Gasteiger partial charge in [0.05, 0.1) is 11.8 Å². The zero-order valence-corrected chi connectivity index (χ0v) is 10.1. The fourth-order valence-electron chi connectivity index (χ4n) is 2.11. The Kier molecular flexibility index (Phi) is 2.58. The zero-order chi connectivity index (χ0) is 12.5. The Labute approximate surface area is 104 Å². The number of carbonyl (C=O) groups is 1. The van der Waals surface area contributed by atoms with Crippen LogP contribution in [0, 0.1) is 0 Å². The summed E-state index contributed by atoms with van der Waals surface area (Å²) in [6.45, 7) is 0.866. The van der Waals surface area contributed by atoms with Crippen molar-refractivity contribution in [1.29, 1.82) is 0 Å². The van der Waals surface area contributed by atoms with Gasteiger partial charge in [-0.05, 0) is 12.8 Å². The van der Waals surface area contributed by atoms with Crippen molar-refractivity contribution in [3.8, 4) is 0 Å². The summed E-state index contributed by atoms with van der Waals surface area (Å²) in [5.41, 5.74) is 0.519. The Morgan fingerprint density at radius 3 is 3.06 bits per heavy atom. The second-order valence-corrected chi connectivity index (χ2v) is 4.41. The van der Waals surface area contributed by atoms with E-state index in [1.54, 1.807) is 17.9 Å². The maximum Gasteiger partial charge on any atom is 0.261 e. The Morgan fingerprint density at radius 1 is 1.39 bits per heavy atom. The fraction of sp³-hybridized carbons (Fsp3) is 0.455. The first-order valence-corrected chi connectivity index (χ1v) is 5.96. The second-order valence-electron chi connectivity index (χ2n) is 4.41. The van der Waals surface area contributed by atoms with Gasteiger partial charge in [0.15, 0.2) is 0 Å². The number of anilines is 1. The number of fused-ring (bicyclic) bond motifs is 1. The molecule has 0 saturated heterocycles. The molecule has 0 fully saturated rings. The van der Waals surface area contributed by atoms with Crippen LogP contribution in [0.3, 0.4) is 0 Å². The smallest absolute Gasteiger partial charge is 0.261 e. The van der Waals surface area contributed by atoms with E-state index >= 15 is 0 Å². The standard InChI is InChI=1S/C11H14N6O/c1-16-7-8(6-12-16)10(18)13-11-15-14-9-4-2-3-5-17(9)11/h6-7H,2-5H2,1H3,(H,13,15,18). The molecule has 0 unspecified atom stereocenters. The molecule has 2 aromatic heterocycles. The van der Waals surface area contributed by atoms with Crippen LogP contribution in [0.2, 0.25) is 0 Å². The summed E-state index contributed by atoms with van der Waals surface area (Å²) in [5, 5.41) is 14.9. The van der Waals surface area contributed by atoms with Gasteiger partial charge in [-0.1, -0.05) is 0 Å². The van der Waals surface area contributed by atoms with Crippen LogP contribution in [0.15, 0.2) is 12.4 Å². The Bertz CT molecular complexity index is 584. The van der Waals surface area contributed by atoms with Crippen molar-refractivity contribution >= 4 is 11.9 Å². The van der Waals surface area contributed by atoms with Crippen LogP contribution in [0.5, 0.6) is 0 Å². The number of amides is 1. The average molecular weight is 246 g/mol. The van der Waals surface area contributed by atoms with Crippen molar-refractivity contribution in [2.24, 2.45) is 7.05 Å². The molecule has 1 aliphatic heterocycles. The minimum Gasteiger partial charge on any atom is -0.297 e. The van der Waals surface area contributed by atoms with E-state index in [-0.39, 0.29) is 5.91 Å². The van der Waals surface area contributed by atoms with Gasteiger partial charge in [0.2, 0.25) is 5.95 Å². The van der Waals surface area contributed by atoms with Gasteiger partial charge in [-0.2, -0.15) is 5.10 Å². The number of hydrogen-bond donors (Lipinski definition) is 1. The first kappa shape index (κ1) is 10.9. The Balaban J connectivity index is 1.80. The van der Waals surface area contributed by atoms with Crippen LogP contribution >= 0.6 is 0 Å². The van der Waals surface area contributed by atoms with Crippen LogP contribution in [-0.4, -0.2) is 30.5 Å². The molecule has 0 aromatic carbocycles. The van der Waals surface area contributed by atoms with E-state index < -0.39 is 0 Å². The molecule has 1 aliphatic rings. The number of carbonyl (C=O) groups excluding carboxylic acids is 1. The lowest BCUT2D eigenvalue weighted by Gasteiger charge is -2.14. The SMILES string of the molecule is Cn1cc(C(=O)Nc2nnc3n2CCCC3)cn1. The number of hydrogen-bond acceptors (Lipinski definition) is 4. The zero-order valence-electron chi connectivity index (χ0n) is 10.1. The summed E-state index contributed by atoms with van der Waals surface area (Å²) in [6.07, 6.45) is 6.36. The molecule has 94 valence electrons.